The molecule has 2 rings (SSSR count). The van der Waals surface area contributed by atoms with Gasteiger partial charge >= 0.3 is 0 Å². The maximum Gasteiger partial charge on any atom is 0.267 e. The smallest absolute Gasteiger partial charge is 0.267 e. The highest BCUT2D eigenvalue weighted by Crippen LogP contribution is 2.13. The number of nitriles is 1. The SMILES string of the molecule is N#C/C(=C/NCCCCc1ccccc1)C(=O)Nc1ccc(S(N)(=O)=O)cc1. The average Bonchev–Trinajstić information content (AvgIpc) is 2.68. The lowest BCUT2D eigenvalue weighted by Crippen LogP contribution is -2.17. The van der Waals surface area contributed by atoms with Crippen LogP contribution >= 0.6 is 0 Å². The van der Waals surface area contributed by atoms with E-state index in [1.54, 1.807) is 0 Å². The highest BCUT2D eigenvalue weighted by atomic mass is 32.2. The minimum Gasteiger partial charge on any atom is -0.390 e. The zero-order valence-electron chi connectivity index (χ0n) is 15.3. The predicted molar refractivity (Wildman–Crippen MR) is 108 cm³/mol. The second-order valence-electron chi connectivity index (χ2n) is 6.09. The fourth-order valence-electron chi connectivity index (χ4n) is 2.45. The Morgan fingerprint density at radius 3 is 2.36 bits per heavy atom. The molecule has 0 radical (unpaired) electrons. The quantitative estimate of drug-likeness (QED) is 0.339. The topological polar surface area (TPSA) is 125 Å². The number of rotatable bonds is 9. The van der Waals surface area contributed by atoms with E-state index in [1.165, 1.54) is 36.0 Å². The van der Waals surface area contributed by atoms with Gasteiger partial charge in [0, 0.05) is 18.4 Å². The molecule has 0 aliphatic carbocycles. The number of carbonyl (C=O) groups is 1. The number of aryl methyl sites for hydroxylation is 1. The number of anilines is 1. The molecule has 0 aromatic heterocycles. The van der Waals surface area contributed by atoms with Crippen molar-refractivity contribution >= 4 is 21.6 Å². The van der Waals surface area contributed by atoms with Crippen LogP contribution in [-0.2, 0) is 21.2 Å². The van der Waals surface area contributed by atoms with Crippen molar-refractivity contribution in [3.63, 3.8) is 0 Å². The third kappa shape index (κ3) is 6.87. The van der Waals surface area contributed by atoms with Crippen LogP contribution in [0.4, 0.5) is 5.69 Å². The number of hydrogen-bond acceptors (Lipinski definition) is 5. The lowest BCUT2D eigenvalue weighted by Gasteiger charge is -2.06. The number of sulfonamides is 1. The van der Waals surface area contributed by atoms with Crippen molar-refractivity contribution in [1.29, 1.82) is 5.26 Å². The number of nitrogens with two attached hydrogens (primary N) is 1. The normalized spacial score (nSPS) is 11.5. The van der Waals surface area contributed by atoms with Crippen LogP contribution in [0.3, 0.4) is 0 Å². The number of primary sulfonamides is 1. The molecule has 146 valence electrons. The number of unbranched alkanes of at least 4 members (excludes halogenated alkanes) is 1. The fraction of sp³-hybridized carbons (Fsp3) is 0.200. The summed E-state index contributed by atoms with van der Waals surface area (Å²) in [5, 5.41) is 19.7. The van der Waals surface area contributed by atoms with E-state index in [9.17, 15) is 13.2 Å². The monoisotopic (exact) mass is 398 g/mol. The summed E-state index contributed by atoms with van der Waals surface area (Å²) in [7, 11) is -3.79. The van der Waals surface area contributed by atoms with E-state index in [0.717, 1.165) is 19.3 Å². The summed E-state index contributed by atoms with van der Waals surface area (Å²) in [5.41, 5.74) is 1.57. The summed E-state index contributed by atoms with van der Waals surface area (Å²) < 4.78 is 22.4. The molecule has 7 nitrogen and oxygen atoms in total. The largest absolute Gasteiger partial charge is 0.390 e. The van der Waals surface area contributed by atoms with Crippen LogP contribution in [0.15, 0.2) is 71.3 Å². The number of nitrogens with one attached hydrogen (secondary N) is 2. The van der Waals surface area contributed by atoms with E-state index >= 15 is 0 Å². The van der Waals surface area contributed by atoms with E-state index in [2.05, 4.69) is 22.8 Å². The van der Waals surface area contributed by atoms with Crippen molar-refractivity contribution in [2.24, 2.45) is 5.14 Å². The van der Waals surface area contributed by atoms with Crippen molar-refractivity contribution < 1.29 is 13.2 Å². The summed E-state index contributed by atoms with van der Waals surface area (Å²) in [5.74, 6) is -0.581. The Morgan fingerprint density at radius 2 is 1.75 bits per heavy atom. The average molecular weight is 398 g/mol. The molecule has 0 unspecified atom stereocenters. The van der Waals surface area contributed by atoms with Gasteiger partial charge in [0.1, 0.15) is 11.6 Å². The van der Waals surface area contributed by atoms with Gasteiger partial charge in [0.25, 0.3) is 5.91 Å². The van der Waals surface area contributed by atoms with Gasteiger partial charge in [-0.2, -0.15) is 5.26 Å². The van der Waals surface area contributed by atoms with Gasteiger partial charge in [-0.1, -0.05) is 30.3 Å². The summed E-state index contributed by atoms with van der Waals surface area (Å²) in [6.07, 6.45) is 4.26. The van der Waals surface area contributed by atoms with Crippen molar-refractivity contribution in [3.8, 4) is 6.07 Å². The van der Waals surface area contributed by atoms with E-state index < -0.39 is 15.9 Å². The van der Waals surface area contributed by atoms with Crippen molar-refractivity contribution in [1.82, 2.24) is 5.32 Å². The molecule has 2 aromatic carbocycles. The van der Waals surface area contributed by atoms with Crippen molar-refractivity contribution in [2.45, 2.75) is 24.2 Å². The van der Waals surface area contributed by atoms with Gasteiger partial charge in [0.15, 0.2) is 0 Å². The number of benzene rings is 2. The van der Waals surface area contributed by atoms with E-state index in [1.807, 2.05) is 24.3 Å². The van der Waals surface area contributed by atoms with Crippen LogP contribution in [0.5, 0.6) is 0 Å². The molecule has 2 aromatic rings. The first-order chi connectivity index (χ1) is 13.4. The lowest BCUT2D eigenvalue weighted by molar-refractivity contribution is -0.112. The maximum absolute atomic E-state index is 12.1. The van der Waals surface area contributed by atoms with Crippen LogP contribution < -0.4 is 15.8 Å². The number of amides is 1. The Morgan fingerprint density at radius 1 is 1.07 bits per heavy atom. The second kappa shape index (κ2) is 10.3. The molecule has 0 atom stereocenters. The Balaban J connectivity index is 1.79. The first-order valence-corrected chi connectivity index (χ1v) is 10.3. The number of hydrogen-bond donors (Lipinski definition) is 3. The van der Waals surface area contributed by atoms with E-state index in [0.29, 0.717) is 12.2 Å². The van der Waals surface area contributed by atoms with Gasteiger partial charge in [0.2, 0.25) is 10.0 Å². The minimum atomic E-state index is -3.79. The molecule has 0 aliphatic heterocycles. The molecule has 0 saturated heterocycles. The zero-order chi connectivity index (χ0) is 20.4. The van der Waals surface area contributed by atoms with Crippen molar-refractivity contribution in [3.05, 3.63) is 71.9 Å². The first-order valence-electron chi connectivity index (χ1n) is 8.72. The second-order valence-corrected chi connectivity index (χ2v) is 7.65. The number of carbonyl (C=O) groups excluding carboxylic acids is 1. The van der Waals surface area contributed by atoms with Gasteiger partial charge in [-0.05, 0) is 49.1 Å². The molecule has 0 spiro atoms. The molecule has 0 bridgehead atoms. The molecule has 8 heteroatoms. The molecule has 4 N–H and O–H groups in total. The Labute approximate surface area is 164 Å². The maximum atomic E-state index is 12.1. The summed E-state index contributed by atoms with van der Waals surface area (Å²) in [6.45, 7) is 0.647. The Hall–Kier alpha value is -3.15. The van der Waals surface area contributed by atoms with Crippen LogP contribution in [-0.4, -0.2) is 20.9 Å². The molecule has 1 amide bonds. The Bertz CT molecular complexity index is 963. The van der Waals surface area contributed by atoms with Crippen LogP contribution in [0.1, 0.15) is 18.4 Å². The van der Waals surface area contributed by atoms with E-state index in [-0.39, 0.29) is 10.5 Å². The standard InChI is InChI=1S/C20H22N4O3S/c21-14-17(15-23-13-5-4-8-16-6-2-1-3-7-16)20(25)24-18-9-11-19(12-10-18)28(22,26)27/h1-3,6-7,9-12,15,23H,4-5,8,13H2,(H,24,25)(H2,22,26,27)/b17-15-. The van der Waals surface area contributed by atoms with Gasteiger partial charge in [-0.15, -0.1) is 0 Å². The minimum absolute atomic E-state index is 0.0567. The van der Waals surface area contributed by atoms with Crippen LogP contribution in [0.2, 0.25) is 0 Å². The molecular formula is C20H22N4O3S. The van der Waals surface area contributed by atoms with E-state index in [4.69, 9.17) is 10.4 Å². The predicted octanol–water partition coefficient (Wildman–Crippen LogP) is 2.29. The molecule has 0 aliphatic rings. The fourth-order valence-corrected chi connectivity index (χ4v) is 2.97. The summed E-state index contributed by atoms with van der Waals surface area (Å²) >= 11 is 0. The third-order valence-electron chi connectivity index (χ3n) is 3.93. The molecule has 0 fully saturated rings. The molecule has 0 heterocycles. The van der Waals surface area contributed by atoms with Gasteiger partial charge in [0.05, 0.1) is 4.90 Å². The van der Waals surface area contributed by atoms with Crippen LogP contribution in [0.25, 0.3) is 0 Å². The van der Waals surface area contributed by atoms with Gasteiger partial charge in [-0.3, -0.25) is 4.79 Å². The Kier molecular flexibility index (Phi) is 7.75. The number of nitrogens with zero attached hydrogens (tertiary/aromatic N) is 1. The lowest BCUT2D eigenvalue weighted by atomic mass is 10.1. The van der Waals surface area contributed by atoms with Gasteiger partial charge < -0.3 is 10.6 Å². The summed E-state index contributed by atoms with van der Waals surface area (Å²) in [4.78, 5) is 12.1. The first kappa shape index (κ1) is 21.2. The highest BCUT2D eigenvalue weighted by molar-refractivity contribution is 7.89. The zero-order valence-corrected chi connectivity index (χ0v) is 16.1. The summed E-state index contributed by atoms with van der Waals surface area (Å²) in [6, 6.07) is 17.4. The highest BCUT2D eigenvalue weighted by Gasteiger charge is 2.11. The van der Waals surface area contributed by atoms with Crippen LogP contribution in [0, 0.1) is 11.3 Å². The van der Waals surface area contributed by atoms with Gasteiger partial charge in [-0.25, -0.2) is 13.6 Å². The third-order valence-corrected chi connectivity index (χ3v) is 4.86. The molecule has 0 saturated carbocycles. The van der Waals surface area contributed by atoms with Crippen molar-refractivity contribution in [2.75, 3.05) is 11.9 Å². The molecule has 28 heavy (non-hydrogen) atoms. The molecular weight excluding hydrogens is 376 g/mol.